The van der Waals surface area contributed by atoms with E-state index in [1.165, 1.54) is 28.1 Å². The van der Waals surface area contributed by atoms with E-state index in [0.717, 1.165) is 0 Å². The molecular formula is C39H34Cl2F5O2PRu+2. The van der Waals surface area contributed by atoms with Crippen LogP contribution in [0.1, 0.15) is 44.4 Å². The topological polar surface area (TPSA) is 22.0 Å². The molecule has 0 spiro atoms. The molecule has 6 rings (SSSR count). The number of aliphatic hydroxyl groups is 1. The van der Waals surface area contributed by atoms with Crippen LogP contribution in [0.3, 0.4) is 0 Å². The average Bonchev–Trinajstić information content (AvgIpc) is 3.48. The number of allylic oxidation sites excluding steroid dienone is 1. The first-order chi connectivity index (χ1) is 23.9. The fourth-order valence-corrected chi connectivity index (χ4v) is 10.6. The van der Waals surface area contributed by atoms with Gasteiger partial charge in [0.2, 0.25) is 0 Å². The van der Waals surface area contributed by atoms with Crippen LogP contribution in [0.5, 0.6) is 11.5 Å². The minimum atomic E-state index is -2.68. The molecule has 1 N–H and O–H groups in total. The summed E-state index contributed by atoms with van der Waals surface area (Å²) in [6.45, 7) is 7.22. The van der Waals surface area contributed by atoms with Gasteiger partial charge in [-0.2, -0.15) is 0 Å². The molecule has 0 saturated carbocycles. The van der Waals surface area contributed by atoms with E-state index < -0.39 is 56.1 Å². The Bertz CT molecular complexity index is 1920. The molecule has 0 aromatic heterocycles. The van der Waals surface area contributed by atoms with E-state index in [9.17, 15) is 22.0 Å². The van der Waals surface area contributed by atoms with Crippen LogP contribution in [0.2, 0.25) is 0 Å². The van der Waals surface area contributed by atoms with E-state index in [1.807, 2.05) is 13.8 Å². The summed E-state index contributed by atoms with van der Waals surface area (Å²) in [5.41, 5.74) is -0.663. The third-order valence-corrected chi connectivity index (χ3v) is 13.3. The maximum atomic E-state index is 14.6. The van der Waals surface area contributed by atoms with Crippen LogP contribution in [-0.2, 0) is 13.5 Å². The average molecular weight is 833 g/mol. The van der Waals surface area contributed by atoms with E-state index in [0.29, 0.717) is 21.2 Å². The quantitative estimate of drug-likeness (QED) is 0.0382. The normalized spacial score (nSPS) is 12.5. The van der Waals surface area contributed by atoms with Crippen molar-refractivity contribution in [1.82, 2.24) is 0 Å². The molecule has 0 amide bonds. The Morgan fingerprint density at radius 3 is 1.46 bits per heavy atom. The zero-order chi connectivity index (χ0) is 36.1. The molecule has 5 aromatic carbocycles. The van der Waals surface area contributed by atoms with Crippen LogP contribution in [0.25, 0.3) is 5.57 Å². The van der Waals surface area contributed by atoms with Gasteiger partial charge in [-0.1, -0.05) is 54.6 Å². The molecule has 50 heavy (non-hydrogen) atoms. The number of halogens is 7. The minimum absolute atomic E-state index is 0.163. The Labute approximate surface area is 302 Å². The maximum Gasteiger partial charge on any atom is 0.102 e. The molecule has 0 bridgehead atoms. The second-order valence-corrected chi connectivity index (χ2v) is 20.0. The Morgan fingerprint density at radius 1 is 0.620 bits per heavy atom. The van der Waals surface area contributed by atoms with Crippen molar-refractivity contribution in [3.05, 3.63) is 155 Å². The van der Waals surface area contributed by atoms with Crippen LogP contribution in [0.15, 0.2) is 109 Å². The Hall–Kier alpha value is -3.41. The molecule has 0 aliphatic heterocycles. The molecule has 0 atom stereocenters. The maximum absolute atomic E-state index is 14.6. The largest absolute Gasteiger partial charge is 0.102 e. The predicted molar refractivity (Wildman–Crippen MR) is 195 cm³/mol. The van der Waals surface area contributed by atoms with E-state index in [1.54, 1.807) is 19.9 Å². The summed E-state index contributed by atoms with van der Waals surface area (Å²) in [6, 6.07) is 35.6. The third-order valence-electron chi connectivity index (χ3n) is 7.46. The monoisotopic (exact) mass is 832 g/mol. The zero-order valence-electron chi connectivity index (χ0n) is 27.4. The van der Waals surface area contributed by atoms with Gasteiger partial charge in [0.25, 0.3) is 0 Å². The molecule has 0 heterocycles. The molecule has 0 fully saturated rings. The second-order valence-electron chi connectivity index (χ2n) is 11.7. The molecule has 262 valence electrons. The Balaban J connectivity index is 0.000000217. The number of benzene rings is 5. The number of hydrogen-bond acceptors (Lipinski definition) is 1. The fraction of sp³-hybridized carbons (Fsp3) is 0.154. The Kier molecular flexibility index (Phi) is 12.7. The Morgan fingerprint density at radius 2 is 1.06 bits per heavy atom. The molecule has 5 aromatic rings. The van der Waals surface area contributed by atoms with Gasteiger partial charge >= 0.3 is 189 Å². The number of fused-ring (bicyclic) bond motifs is 1. The van der Waals surface area contributed by atoms with Gasteiger partial charge in [0.05, 0.1) is 7.92 Å². The second kappa shape index (κ2) is 16.7. The van der Waals surface area contributed by atoms with Gasteiger partial charge in [0.15, 0.2) is 0 Å². The van der Waals surface area contributed by atoms with Crippen molar-refractivity contribution >= 4 is 52.9 Å². The first-order valence-corrected chi connectivity index (χ1v) is 22.4. The molecule has 11 heteroatoms. The summed E-state index contributed by atoms with van der Waals surface area (Å²) < 4.78 is 81.3. The van der Waals surface area contributed by atoms with Crippen molar-refractivity contribution < 1.29 is 44.9 Å². The SMILES string of the molecule is CC(C)Oc1cc([OH+]C(C)C)c2c(c1)C(c1c(F)c(F)c(F)c(F)c1F)=C[C]2=[Ru]([Cl])[Cl].c1ccc([PH+](c2ccccc2)c2ccccc2)cc1. The fourth-order valence-electron chi connectivity index (χ4n) is 5.52. The zero-order valence-corrected chi connectivity index (χ0v) is 31.7. The van der Waals surface area contributed by atoms with Gasteiger partial charge in [0.1, 0.15) is 15.9 Å². The van der Waals surface area contributed by atoms with Gasteiger partial charge in [-0.05, 0) is 36.4 Å². The van der Waals surface area contributed by atoms with Gasteiger partial charge < -0.3 is 0 Å². The van der Waals surface area contributed by atoms with Gasteiger partial charge in [-0.25, -0.2) is 0 Å². The van der Waals surface area contributed by atoms with Crippen molar-refractivity contribution in [3.63, 3.8) is 0 Å². The summed E-state index contributed by atoms with van der Waals surface area (Å²) >= 11 is -2.68. The predicted octanol–water partition coefficient (Wildman–Crippen LogP) is 9.89. The van der Waals surface area contributed by atoms with Crippen LogP contribution in [0, 0.1) is 29.1 Å². The van der Waals surface area contributed by atoms with Crippen LogP contribution >= 0.6 is 27.3 Å². The van der Waals surface area contributed by atoms with Crippen molar-refractivity contribution in [1.29, 1.82) is 0 Å². The number of aromatic hydroxyl groups is 1. The van der Waals surface area contributed by atoms with Crippen molar-refractivity contribution in [2.24, 2.45) is 0 Å². The summed E-state index contributed by atoms with van der Waals surface area (Å²) in [6.07, 6.45) is 0.879. The first-order valence-electron chi connectivity index (χ1n) is 15.6. The summed E-state index contributed by atoms with van der Waals surface area (Å²) in [7, 11) is 11.6. The summed E-state index contributed by atoms with van der Waals surface area (Å²) in [4.78, 5) is 0. The smallest absolute Gasteiger partial charge is 0.0620 e. The van der Waals surface area contributed by atoms with E-state index in [4.69, 9.17) is 24.1 Å². The summed E-state index contributed by atoms with van der Waals surface area (Å²) in [5.74, 6) is -9.42. The molecule has 0 unspecified atom stereocenters. The third kappa shape index (κ3) is 8.37. The standard InChI is InChI=1S/C21H17F5O2.C18H15P.2ClH.Ru/c1-9(2)27-11-7-14-12(15(8-11)28-10(3)4)5-6-13(14)16-17(22)19(24)21(26)20(25)18(16)23;1-4-10-16(11-5-1)19(17-12-6-2-7-13-17)18-14-8-3-9-15-18;;;/h6-10H,1-4H3;1-15H;2*1H;/q;;;;+2. The van der Waals surface area contributed by atoms with Crippen molar-refractivity contribution in [2.75, 3.05) is 0 Å². The molecule has 0 radical (unpaired) electrons. The van der Waals surface area contributed by atoms with E-state index >= 15 is 0 Å². The van der Waals surface area contributed by atoms with Crippen LogP contribution in [-0.4, -0.2) is 21.1 Å². The van der Waals surface area contributed by atoms with Gasteiger partial charge in [-0.3, -0.25) is 0 Å². The number of hydrogen-bond donors (Lipinski definition) is 0. The molecule has 1 aliphatic carbocycles. The summed E-state index contributed by atoms with van der Waals surface area (Å²) in [5, 5.41) is 4.31. The molecule has 0 saturated heterocycles. The number of rotatable bonds is 8. The van der Waals surface area contributed by atoms with E-state index in [-0.39, 0.29) is 23.3 Å². The first kappa shape index (κ1) is 37.8. The van der Waals surface area contributed by atoms with Crippen LogP contribution < -0.4 is 20.7 Å². The van der Waals surface area contributed by atoms with Gasteiger partial charge in [0, 0.05) is 0 Å². The van der Waals surface area contributed by atoms with Crippen molar-refractivity contribution in [2.45, 2.75) is 39.9 Å². The molecular weight excluding hydrogens is 798 g/mol. The minimum Gasteiger partial charge on any atom is -0.0620 e. The molecule has 1 aliphatic rings. The van der Waals surface area contributed by atoms with Gasteiger partial charge in [-0.15, -0.1) is 0 Å². The van der Waals surface area contributed by atoms with Crippen LogP contribution in [0.4, 0.5) is 22.0 Å². The number of ether oxygens (including phenoxy) is 2. The van der Waals surface area contributed by atoms with Crippen molar-refractivity contribution in [3.8, 4) is 11.5 Å². The molecule has 2 nitrogen and oxygen atoms in total. The van der Waals surface area contributed by atoms with E-state index in [2.05, 4.69) is 95.7 Å².